The lowest BCUT2D eigenvalue weighted by Gasteiger charge is -2.16. The fraction of sp³-hybridized carbons (Fsp3) is 0.462. The van der Waals surface area contributed by atoms with E-state index in [1.807, 2.05) is 6.92 Å². The van der Waals surface area contributed by atoms with Crippen LogP contribution in [0, 0.1) is 0 Å². The lowest BCUT2D eigenvalue weighted by molar-refractivity contribution is -0.137. The maximum absolute atomic E-state index is 11.0. The van der Waals surface area contributed by atoms with Crippen molar-refractivity contribution >= 4 is 5.97 Å². The molecule has 0 bridgehead atoms. The van der Waals surface area contributed by atoms with Crippen molar-refractivity contribution in [2.75, 3.05) is 26.9 Å². The first-order valence-electron chi connectivity index (χ1n) is 5.61. The smallest absolute Gasteiger partial charge is 0.331 e. The van der Waals surface area contributed by atoms with Gasteiger partial charge in [-0.1, -0.05) is 0 Å². The number of cyclic esters (lactones) is 1. The molecule has 0 unspecified atom stereocenters. The van der Waals surface area contributed by atoms with E-state index in [0.717, 1.165) is 23.3 Å². The molecule has 0 fully saturated rings. The molecule has 0 saturated carbocycles. The summed E-state index contributed by atoms with van der Waals surface area (Å²) in [6.07, 6.45) is 4.13. The molecular formula is C13H16O4. The van der Waals surface area contributed by atoms with Gasteiger partial charge in [0.1, 0.15) is 6.61 Å². The van der Waals surface area contributed by atoms with Crippen molar-refractivity contribution in [3.8, 4) is 0 Å². The van der Waals surface area contributed by atoms with E-state index in [2.05, 4.69) is 0 Å². The van der Waals surface area contributed by atoms with Crippen LogP contribution in [0.2, 0.25) is 0 Å². The van der Waals surface area contributed by atoms with Crippen LogP contribution in [0.3, 0.4) is 0 Å². The molecule has 4 heteroatoms. The standard InChI is InChI=1S/C13H16O4/c1-9-11(5-6-16-9)12(8-15-2)10-3-4-13(14)17-7-10/h3-4H,5-8H2,1-2H3/b12-10-. The Morgan fingerprint density at radius 3 is 2.76 bits per heavy atom. The van der Waals surface area contributed by atoms with Gasteiger partial charge in [-0.15, -0.1) is 0 Å². The Balaban J connectivity index is 2.34. The van der Waals surface area contributed by atoms with E-state index in [9.17, 15) is 4.79 Å². The van der Waals surface area contributed by atoms with Crippen LogP contribution in [0.5, 0.6) is 0 Å². The van der Waals surface area contributed by atoms with Crippen LogP contribution in [0.4, 0.5) is 0 Å². The van der Waals surface area contributed by atoms with Gasteiger partial charge in [0.05, 0.1) is 19.0 Å². The lowest BCUT2D eigenvalue weighted by atomic mass is 9.97. The monoisotopic (exact) mass is 236 g/mol. The molecule has 0 spiro atoms. The van der Waals surface area contributed by atoms with E-state index in [-0.39, 0.29) is 5.97 Å². The van der Waals surface area contributed by atoms with Crippen LogP contribution < -0.4 is 0 Å². The second-order valence-electron chi connectivity index (χ2n) is 4.01. The van der Waals surface area contributed by atoms with E-state index in [4.69, 9.17) is 14.2 Å². The summed E-state index contributed by atoms with van der Waals surface area (Å²) in [5, 5.41) is 0. The molecule has 0 saturated heterocycles. The number of methoxy groups -OCH3 is 1. The molecule has 2 aliphatic heterocycles. The van der Waals surface area contributed by atoms with Gasteiger partial charge < -0.3 is 14.2 Å². The summed E-state index contributed by atoms with van der Waals surface area (Å²) in [5.74, 6) is 0.647. The Bertz CT molecular complexity index is 415. The van der Waals surface area contributed by atoms with Crippen LogP contribution >= 0.6 is 0 Å². The molecular weight excluding hydrogens is 220 g/mol. The quantitative estimate of drug-likeness (QED) is 0.700. The molecule has 0 aromatic carbocycles. The molecule has 0 N–H and O–H groups in total. The van der Waals surface area contributed by atoms with Gasteiger partial charge in [-0.05, 0) is 29.7 Å². The summed E-state index contributed by atoms with van der Waals surface area (Å²) in [6.45, 7) is 3.49. The lowest BCUT2D eigenvalue weighted by Crippen LogP contribution is -2.13. The first-order chi connectivity index (χ1) is 8.22. The van der Waals surface area contributed by atoms with E-state index < -0.39 is 0 Å². The van der Waals surface area contributed by atoms with Crippen molar-refractivity contribution in [2.45, 2.75) is 13.3 Å². The number of allylic oxidation sites excluding steroid dienone is 1. The van der Waals surface area contributed by atoms with Crippen LogP contribution in [0.1, 0.15) is 13.3 Å². The zero-order valence-corrected chi connectivity index (χ0v) is 10.1. The van der Waals surface area contributed by atoms with Crippen LogP contribution in [-0.2, 0) is 19.0 Å². The van der Waals surface area contributed by atoms with Gasteiger partial charge in [0.2, 0.25) is 0 Å². The fourth-order valence-corrected chi connectivity index (χ4v) is 2.05. The molecule has 2 heterocycles. The summed E-state index contributed by atoms with van der Waals surface area (Å²) in [7, 11) is 1.66. The summed E-state index contributed by atoms with van der Waals surface area (Å²) >= 11 is 0. The van der Waals surface area contributed by atoms with Crippen molar-refractivity contribution in [3.63, 3.8) is 0 Å². The molecule has 92 valence electrons. The highest BCUT2D eigenvalue weighted by molar-refractivity contribution is 5.84. The van der Waals surface area contributed by atoms with Crippen LogP contribution in [-0.4, -0.2) is 32.9 Å². The third kappa shape index (κ3) is 2.58. The largest absolute Gasteiger partial charge is 0.498 e. The Kier molecular flexibility index (Phi) is 3.64. The molecule has 0 aromatic heterocycles. The van der Waals surface area contributed by atoms with E-state index >= 15 is 0 Å². The first-order valence-corrected chi connectivity index (χ1v) is 5.61. The van der Waals surface area contributed by atoms with E-state index in [0.29, 0.717) is 19.8 Å². The highest BCUT2D eigenvalue weighted by atomic mass is 16.5. The van der Waals surface area contributed by atoms with Crippen molar-refractivity contribution < 1.29 is 19.0 Å². The molecule has 0 aromatic rings. The molecule has 4 nitrogen and oxygen atoms in total. The van der Waals surface area contributed by atoms with Gasteiger partial charge >= 0.3 is 5.97 Å². The number of carbonyl (C=O) groups is 1. The zero-order valence-electron chi connectivity index (χ0n) is 10.1. The third-order valence-corrected chi connectivity index (χ3v) is 2.93. The Hall–Kier alpha value is -1.55. The molecule has 0 amide bonds. The van der Waals surface area contributed by atoms with Crippen molar-refractivity contribution in [1.82, 2.24) is 0 Å². The number of carbonyl (C=O) groups excluding carboxylic acids is 1. The number of esters is 1. The highest BCUT2D eigenvalue weighted by Gasteiger charge is 2.20. The minimum absolute atomic E-state index is 0.293. The van der Waals surface area contributed by atoms with Crippen LogP contribution in [0.15, 0.2) is 34.6 Å². The maximum Gasteiger partial charge on any atom is 0.331 e. The summed E-state index contributed by atoms with van der Waals surface area (Å²) in [4.78, 5) is 11.0. The summed E-state index contributed by atoms with van der Waals surface area (Å²) < 4.78 is 15.7. The van der Waals surface area contributed by atoms with Gasteiger partial charge in [-0.3, -0.25) is 0 Å². The normalized spacial score (nSPS) is 22.6. The second kappa shape index (κ2) is 5.19. The topological polar surface area (TPSA) is 44.8 Å². The summed E-state index contributed by atoms with van der Waals surface area (Å²) in [5.41, 5.74) is 3.24. The van der Waals surface area contributed by atoms with Gasteiger partial charge in [-0.25, -0.2) is 4.79 Å². The number of rotatable bonds is 3. The van der Waals surface area contributed by atoms with Gasteiger partial charge in [0.25, 0.3) is 0 Å². The Morgan fingerprint density at radius 2 is 2.24 bits per heavy atom. The average Bonchev–Trinajstić information content (AvgIpc) is 2.74. The molecule has 2 aliphatic rings. The van der Waals surface area contributed by atoms with Gasteiger partial charge in [0.15, 0.2) is 0 Å². The first kappa shape index (κ1) is 11.9. The average molecular weight is 236 g/mol. The minimum atomic E-state index is -0.293. The fourth-order valence-electron chi connectivity index (χ4n) is 2.05. The molecule has 0 atom stereocenters. The number of hydrogen-bond donors (Lipinski definition) is 0. The minimum Gasteiger partial charge on any atom is -0.498 e. The predicted octanol–water partition coefficient (Wildman–Crippen LogP) is 1.74. The summed E-state index contributed by atoms with van der Waals surface area (Å²) in [6, 6.07) is 0. The number of hydrogen-bond acceptors (Lipinski definition) is 4. The molecule has 17 heavy (non-hydrogen) atoms. The van der Waals surface area contributed by atoms with Crippen LogP contribution in [0.25, 0.3) is 0 Å². The maximum atomic E-state index is 11.0. The molecule has 2 rings (SSSR count). The van der Waals surface area contributed by atoms with Crippen molar-refractivity contribution in [1.29, 1.82) is 0 Å². The predicted molar refractivity (Wildman–Crippen MR) is 62.3 cm³/mol. The SMILES string of the molecule is COC/C(C1=C(C)OCC1)=C1\C=CC(=O)OC1. The Labute approximate surface area is 101 Å². The third-order valence-electron chi connectivity index (χ3n) is 2.93. The van der Waals surface area contributed by atoms with Gasteiger partial charge in [0, 0.05) is 19.6 Å². The molecule has 0 aliphatic carbocycles. The molecule has 0 radical (unpaired) electrons. The van der Waals surface area contributed by atoms with Crippen molar-refractivity contribution in [2.24, 2.45) is 0 Å². The second-order valence-corrected chi connectivity index (χ2v) is 4.01. The van der Waals surface area contributed by atoms with Crippen molar-refractivity contribution in [3.05, 3.63) is 34.6 Å². The van der Waals surface area contributed by atoms with Gasteiger partial charge in [-0.2, -0.15) is 0 Å². The Morgan fingerprint density at radius 1 is 1.41 bits per heavy atom. The number of ether oxygens (including phenoxy) is 3. The highest BCUT2D eigenvalue weighted by Crippen LogP contribution is 2.29. The zero-order chi connectivity index (χ0) is 12.3. The van der Waals surface area contributed by atoms with E-state index in [1.54, 1.807) is 13.2 Å². The van der Waals surface area contributed by atoms with E-state index in [1.165, 1.54) is 11.6 Å².